The summed E-state index contributed by atoms with van der Waals surface area (Å²) in [5.74, 6) is 0. The van der Waals surface area contributed by atoms with Crippen molar-refractivity contribution >= 4 is 24.2 Å². The van der Waals surface area contributed by atoms with E-state index in [1.54, 1.807) is 24.3 Å². The first-order valence-corrected chi connectivity index (χ1v) is 7.14. The van der Waals surface area contributed by atoms with Crippen molar-refractivity contribution in [3.63, 3.8) is 0 Å². The van der Waals surface area contributed by atoms with E-state index < -0.39 is 6.72 Å². The summed E-state index contributed by atoms with van der Waals surface area (Å²) in [6.07, 6.45) is 0. The fourth-order valence-electron chi connectivity index (χ4n) is 0.966. The molecule has 0 saturated carbocycles. The van der Waals surface area contributed by atoms with Crippen molar-refractivity contribution in [2.24, 2.45) is 5.16 Å². The van der Waals surface area contributed by atoms with E-state index in [1.165, 1.54) is 14.2 Å². The molecule has 0 amide bonds. The minimum atomic E-state index is -2.87. The topological polar surface area (TPSA) is 63.8 Å². The molecule has 17 heavy (non-hydrogen) atoms. The fraction of sp³-hybridized carbons (Fsp3) is 0.200. The number of nitriles is 1. The largest absolute Gasteiger partial charge is 0.401 e. The first-order chi connectivity index (χ1) is 8.15. The number of hydrogen-bond acceptors (Lipinski definition) is 6. The molecule has 1 aromatic rings. The standard InChI is InChI=1S/C10H11N2O3PS/c1-13-16(17,14-2)15-12-10(8-11)9-6-4-3-5-7-9/h3-7H,1-2H3/b12-10-. The van der Waals surface area contributed by atoms with Gasteiger partial charge in [0.2, 0.25) is 0 Å². The van der Waals surface area contributed by atoms with Crippen LogP contribution in [0.25, 0.3) is 0 Å². The Balaban J connectivity index is 2.91. The van der Waals surface area contributed by atoms with Gasteiger partial charge >= 0.3 is 6.72 Å². The number of nitrogens with zero attached hydrogens (tertiary/aromatic N) is 2. The summed E-state index contributed by atoms with van der Waals surface area (Å²) in [6, 6.07) is 10.8. The van der Waals surface area contributed by atoms with Crippen molar-refractivity contribution < 1.29 is 13.7 Å². The Morgan fingerprint density at radius 3 is 2.35 bits per heavy atom. The zero-order chi connectivity index (χ0) is 12.7. The molecule has 0 aliphatic carbocycles. The predicted molar refractivity (Wildman–Crippen MR) is 68.0 cm³/mol. The molecule has 0 aromatic heterocycles. The molecular weight excluding hydrogens is 259 g/mol. The molecule has 0 saturated heterocycles. The Labute approximate surface area is 105 Å². The average Bonchev–Trinajstić information content (AvgIpc) is 2.40. The Hall–Kier alpha value is -1.25. The van der Waals surface area contributed by atoms with Crippen molar-refractivity contribution in [2.75, 3.05) is 14.2 Å². The Morgan fingerprint density at radius 1 is 1.29 bits per heavy atom. The van der Waals surface area contributed by atoms with E-state index in [0.717, 1.165) is 0 Å². The molecule has 0 spiro atoms. The summed E-state index contributed by atoms with van der Waals surface area (Å²) in [7, 11) is 2.74. The van der Waals surface area contributed by atoms with Crippen LogP contribution in [0.2, 0.25) is 0 Å². The van der Waals surface area contributed by atoms with Crippen LogP contribution in [0.1, 0.15) is 5.56 Å². The smallest absolute Gasteiger partial charge is 0.312 e. The summed E-state index contributed by atoms with van der Waals surface area (Å²) in [5.41, 5.74) is 0.762. The molecule has 0 aliphatic heterocycles. The van der Waals surface area contributed by atoms with Gasteiger partial charge in [-0.15, -0.1) is 0 Å². The van der Waals surface area contributed by atoms with Gasteiger partial charge in [0, 0.05) is 31.6 Å². The summed E-state index contributed by atoms with van der Waals surface area (Å²) >= 11 is 4.95. The first kappa shape index (κ1) is 13.8. The second-order valence-corrected chi connectivity index (χ2v) is 5.94. The maximum atomic E-state index is 8.96. The van der Waals surface area contributed by atoms with Crippen LogP contribution in [-0.2, 0) is 25.5 Å². The number of rotatable bonds is 5. The third-order valence-corrected chi connectivity index (χ3v) is 4.10. The molecule has 90 valence electrons. The van der Waals surface area contributed by atoms with Gasteiger partial charge in [0.05, 0.1) is 0 Å². The molecule has 0 unspecified atom stereocenters. The molecule has 0 heterocycles. The monoisotopic (exact) mass is 270 g/mol. The van der Waals surface area contributed by atoms with Gasteiger partial charge in [0.25, 0.3) is 0 Å². The third kappa shape index (κ3) is 3.91. The lowest BCUT2D eigenvalue weighted by atomic mass is 10.1. The van der Waals surface area contributed by atoms with Crippen LogP contribution >= 0.6 is 6.72 Å². The van der Waals surface area contributed by atoms with Gasteiger partial charge in [0.1, 0.15) is 6.07 Å². The van der Waals surface area contributed by atoms with Gasteiger partial charge in [-0.3, -0.25) is 0 Å². The SMILES string of the molecule is COP(=S)(OC)O/N=C(/C#N)c1ccccc1. The average molecular weight is 270 g/mol. The highest BCUT2D eigenvalue weighted by molar-refractivity contribution is 8.07. The minimum absolute atomic E-state index is 0.119. The van der Waals surface area contributed by atoms with Crippen LogP contribution in [0.5, 0.6) is 0 Å². The molecule has 0 atom stereocenters. The van der Waals surface area contributed by atoms with E-state index in [4.69, 9.17) is 30.7 Å². The van der Waals surface area contributed by atoms with Crippen LogP contribution < -0.4 is 0 Å². The zero-order valence-corrected chi connectivity index (χ0v) is 11.1. The normalized spacial score (nSPS) is 11.9. The van der Waals surface area contributed by atoms with E-state index in [-0.39, 0.29) is 5.71 Å². The maximum Gasteiger partial charge on any atom is 0.401 e. The number of hydrogen-bond donors (Lipinski definition) is 0. The van der Waals surface area contributed by atoms with Crippen LogP contribution in [-0.4, -0.2) is 19.9 Å². The van der Waals surface area contributed by atoms with Crippen LogP contribution in [0, 0.1) is 11.3 Å². The van der Waals surface area contributed by atoms with Gasteiger partial charge < -0.3 is 13.7 Å². The summed E-state index contributed by atoms with van der Waals surface area (Å²) in [4.78, 5) is 0. The van der Waals surface area contributed by atoms with E-state index in [1.807, 2.05) is 12.1 Å². The van der Waals surface area contributed by atoms with E-state index >= 15 is 0 Å². The van der Waals surface area contributed by atoms with Crippen molar-refractivity contribution in [1.29, 1.82) is 5.26 Å². The summed E-state index contributed by atoms with van der Waals surface area (Å²) < 4.78 is 14.7. The fourth-order valence-corrected chi connectivity index (χ4v) is 1.53. The third-order valence-electron chi connectivity index (χ3n) is 1.83. The van der Waals surface area contributed by atoms with E-state index in [2.05, 4.69) is 5.16 Å². The van der Waals surface area contributed by atoms with E-state index in [0.29, 0.717) is 5.56 Å². The molecule has 1 aromatic carbocycles. The Bertz CT molecular complexity index is 476. The molecule has 1 rings (SSSR count). The molecule has 0 N–H and O–H groups in total. The Morgan fingerprint density at radius 2 is 1.88 bits per heavy atom. The highest BCUT2D eigenvalue weighted by Gasteiger charge is 2.18. The second-order valence-electron chi connectivity index (χ2n) is 2.81. The molecule has 0 aliphatic rings. The lowest BCUT2D eigenvalue weighted by Gasteiger charge is -2.13. The molecule has 0 bridgehead atoms. The molecule has 7 heteroatoms. The lowest BCUT2D eigenvalue weighted by molar-refractivity contribution is 0.210. The summed E-state index contributed by atoms with van der Waals surface area (Å²) in [5, 5.41) is 12.6. The maximum absolute atomic E-state index is 8.96. The highest BCUT2D eigenvalue weighted by Crippen LogP contribution is 2.48. The molecule has 5 nitrogen and oxygen atoms in total. The predicted octanol–water partition coefficient (Wildman–Crippen LogP) is 2.45. The second kappa shape index (κ2) is 6.48. The van der Waals surface area contributed by atoms with Crippen molar-refractivity contribution in [3.05, 3.63) is 35.9 Å². The highest BCUT2D eigenvalue weighted by atomic mass is 32.5. The Kier molecular flexibility index (Phi) is 5.26. The van der Waals surface area contributed by atoms with Crippen LogP contribution in [0.15, 0.2) is 35.5 Å². The number of oxime groups is 1. The number of benzene rings is 1. The van der Waals surface area contributed by atoms with Crippen LogP contribution in [0.4, 0.5) is 0 Å². The van der Waals surface area contributed by atoms with Gasteiger partial charge in [-0.2, -0.15) is 5.26 Å². The van der Waals surface area contributed by atoms with Crippen LogP contribution in [0.3, 0.4) is 0 Å². The lowest BCUT2D eigenvalue weighted by Crippen LogP contribution is -1.99. The van der Waals surface area contributed by atoms with Crippen molar-refractivity contribution in [1.82, 2.24) is 0 Å². The molecule has 0 fully saturated rings. The van der Waals surface area contributed by atoms with Crippen molar-refractivity contribution in [3.8, 4) is 6.07 Å². The molecule has 0 radical (unpaired) electrons. The quantitative estimate of drug-likeness (QED) is 0.467. The first-order valence-electron chi connectivity index (χ1n) is 4.59. The summed E-state index contributed by atoms with van der Waals surface area (Å²) in [6.45, 7) is -2.87. The molecular formula is C10H11N2O3PS. The minimum Gasteiger partial charge on any atom is -0.312 e. The van der Waals surface area contributed by atoms with Gasteiger partial charge in [-0.1, -0.05) is 35.5 Å². The van der Waals surface area contributed by atoms with Gasteiger partial charge in [-0.25, -0.2) is 0 Å². The van der Waals surface area contributed by atoms with Gasteiger partial charge in [-0.05, 0) is 0 Å². The zero-order valence-electron chi connectivity index (χ0n) is 9.36. The van der Waals surface area contributed by atoms with Gasteiger partial charge in [0.15, 0.2) is 5.71 Å². The van der Waals surface area contributed by atoms with E-state index in [9.17, 15) is 0 Å². The van der Waals surface area contributed by atoms with Crippen molar-refractivity contribution in [2.45, 2.75) is 0 Å².